The molecular weight excluding hydrogens is 324 g/mol. The molecular formula is C19H20O6. The molecule has 1 heterocycles. The lowest BCUT2D eigenvalue weighted by molar-refractivity contribution is -0.154. The zero-order valence-electron chi connectivity index (χ0n) is 13.8. The fraction of sp³-hybridized carbons (Fsp3) is 0.421. The van der Waals surface area contributed by atoms with Crippen LogP contribution in [0.25, 0.3) is 0 Å². The number of benzene rings is 1. The minimum Gasteiger partial charge on any atom is -0.505 e. The van der Waals surface area contributed by atoms with Gasteiger partial charge in [-0.15, -0.1) is 6.58 Å². The van der Waals surface area contributed by atoms with Crippen LogP contribution in [-0.4, -0.2) is 39.6 Å². The summed E-state index contributed by atoms with van der Waals surface area (Å²) < 4.78 is 10.7. The lowest BCUT2D eigenvalue weighted by Crippen LogP contribution is -2.56. The van der Waals surface area contributed by atoms with E-state index in [9.17, 15) is 20.1 Å². The summed E-state index contributed by atoms with van der Waals surface area (Å²) in [5.41, 5.74) is -2.41. The van der Waals surface area contributed by atoms with E-state index in [4.69, 9.17) is 9.47 Å². The number of ether oxygens (including phenoxy) is 2. The van der Waals surface area contributed by atoms with Crippen LogP contribution in [0.2, 0.25) is 0 Å². The normalized spacial score (nSPS) is 38.6. The second-order valence-electron chi connectivity index (χ2n) is 7.07. The lowest BCUT2D eigenvalue weighted by Gasteiger charge is -2.38. The Bertz CT molecular complexity index is 799. The minimum atomic E-state index is -2.10. The van der Waals surface area contributed by atoms with Crippen molar-refractivity contribution in [2.45, 2.75) is 31.0 Å². The highest BCUT2D eigenvalue weighted by Crippen LogP contribution is 2.62. The number of hydrogen-bond acceptors (Lipinski definition) is 6. The molecule has 5 atom stereocenters. The average molecular weight is 344 g/mol. The smallest absolute Gasteiger partial charge is 0.231 e. The van der Waals surface area contributed by atoms with Crippen molar-refractivity contribution in [2.75, 3.05) is 6.79 Å². The summed E-state index contributed by atoms with van der Waals surface area (Å²) in [6, 6.07) is 5.20. The summed E-state index contributed by atoms with van der Waals surface area (Å²) in [5, 5.41) is 32.3. The Labute approximate surface area is 145 Å². The molecule has 3 aliphatic rings. The molecule has 0 aromatic heterocycles. The van der Waals surface area contributed by atoms with Crippen molar-refractivity contribution < 1.29 is 29.6 Å². The number of Topliss-reactive ketones (excluding diaryl/α,β-unsaturated/α-hetero) is 1. The molecule has 0 radical (unpaired) electrons. The average Bonchev–Trinajstić information content (AvgIpc) is 3.09. The molecule has 4 rings (SSSR count). The fourth-order valence-electron chi connectivity index (χ4n) is 4.78. The number of hydrogen-bond donors (Lipinski definition) is 3. The number of aliphatic hydroxyl groups is 3. The van der Waals surface area contributed by atoms with Gasteiger partial charge in [-0.25, -0.2) is 0 Å². The van der Waals surface area contributed by atoms with Gasteiger partial charge in [0.15, 0.2) is 22.9 Å². The van der Waals surface area contributed by atoms with E-state index in [0.29, 0.717) is 23.5 Å². The van der Waals surface area contributed by atoms with Gasteiger partial charge in [-0.2, -0.15) is 0 Å². The predicted molar refractivity (Wildman–Crippen MR) is 88.4 cm³/mol. The summed E-state index contributed by atoms with van der Waals surface area (Å²) in [5.74, 6) is -1.26. The van der Waals surface area contributed by atoms with Gasteiger partial charge in [0.05, 0.1) is 0 Å². The van der Waals surface area contributed by atoms with Crippen LogP contribution >= 0.6 is 0 Å². The Morgan fingerprint density at radius 2 is 2.08 bits per heavy atom. The van der Waals surface area contributed by atoms with E-state index < -0.39 is 34.6 Å². The molecule has 3 N–H and O–H groups in total. The Balaban J connectivity index is 1.89. The molecule has 5 unspecified atom stereocenters. The first kappa shape index (κ1) is 16.2. The van der Waals surface area contributed by atoms with Crippen molar-refractivity contribution in [1.29, 1.82) is 0 Å². The van der Waals surface area contributed by atoms with Crippen molar-refractivity contribution in [3.05, 3.63) is 48.3 Å². The Morgan fingerprint density at radius 3 is 2.80 bits per heavy atom. The molecule has 132 valence electrons. The van der Waals surface area contributed by atoms with Crippen molar-refractivity contribution in [2.24, 2.45) is 11.3 Å². The standard InChI is InChI=1S/C19H20O6/c1-3-6-18-8-12(20)16(21)19(23,17(18)22)15(10(18)2)11-4-5-13-14(7-11)25-9-24-13/h3-5,7-8,10,15,17,20,22-23H,1,6,9H2,2H3. The van der Waals surface area contributed by atoms with Crippen LogP contribution in [0, 0.1) is 11.3 Å². The second-order valence-corrected chi connectivity index (χ2v) is 7.07. The van der Waals surface area contributed by atoms with Gasteiger partial charge in [-0.05, 0) is 36.1 Å². The fourth-order valence-corrected chi connectivity index (χ4v) is 4.78. The van der Waals surface area contributed by atoms with Crippen LogP contribution < -0.4 is 9.47 Å². The van der Waals surface area contributed by atoms with Crippen LogP contribution in [0.5, 0.6) is 11.5 Å². The van der Waals surface area contributed by atoms with Crippen LogP contribution in [-0.2, 0) is 4.79 Å². The van der Waals surface area contributed by atoms with E-state index in [2.05, 4.69) is 6.58 Å². The van der Waals surface area contributed by atoms with Crippen LogP contribution in [0.15, 0.2) is 42.7 Å². The number of allylic oxidation sites excluding steroid dienone is 1. The van der Waals surface area contributed by atoms with Gasteiger partial charge in [-0.3, -0.25) is 4.79 Å². The highest BCUT2D eigenvalue weighted by atomic mass is 16.7. The van der Waals surface area contributed by atoms with Gasteiger partial charge < -0.3 is 24.8 Å². The maximum Gasteiger partial charge on any atom is 0.231 e. The summed E-state index contributed by atoms with van der Waals surface area (Å²) >= 11 is 0. The first-order valence-electron chi connectivity index (χ1n) is 8.23. The molecule has 1 fully saturated rings. The van der Waals surface area contributed by atoms with E-state index in [-0.39, 0.29) is 12.7 Å². The molecule has 1 saturated carbocycles. The maximum absolute atomic E-state index is 12.6. The van der Waals surface area contributed by atoms with Gasteiger partial charge in [0.2, 0.25) is 12.6 Å². The first-order valence-corrected chi connectivity index (χ1v) is 8.23. The maximum atomic E-state index is 12.6. The zero-order valence-corrected chi connectivity index (χ0v) is 13.8. The lowest BCUT2D eigenvalue weighted by atomic mass is 9.70. The quantitative estimate of drug-likeness (QED) is 0.724. The van der Waals surface area contributed by atoms with Gasteiger partial charge >= 0.3 is 0 Å². The topological polar surface area (TPSA) is 96.2 Å². The first-order chi connectivity index (χ1) is 11.9. The van der Waals surface area contributed by atoms with Crippen molar-refractivity contribution in [1.82, 2.24) is 0 Å². The van der Waals surface area contributed by atoms with Crippen LogP contribution in [0.1, 0.15) is 24.8 Å². The predicted octanol–water partition coefficient (Wildman–Crippen LogP) is 1.83. The van der Waals surface area contributed by atoms with Gasteiger partial charge in [0.1, 0.15) is 6.10 Å². The third kappa shape index (κ3) is 1.84. The zero-order chi connectivity index (χ0) is 18.0. The third-order valence-electron chi connectivity index (χ3n) is 6.00. The van der Waals surface area contributed by atoms with E-state index in [1.807, 2.05) is 6.92 Å². The highest BCUT2D eigenvalue weighted by molar-refractivity contribution is 6.03. The molecule has 0 spiro atoms. The number of carbonyl (C=O) groups is 1. The number of carbonyl (C=O) groups excluding carboxylic acids is 1. The number of fused-ring (bicyclic) bond motifs is 3. The van der Waals surface area contributed by atoms with E-state index in [1.54, 1.807) is 24.3 Å². The molecule has 25 heavy (non-hydrogen) atoms. The Morgan fingerprint density at radius 1 is 1.36 bits per heavy atom. The number of rotatable bonds is 3. The van der Waals surface area contributed by atoms with E-state index in [0.717, 1.165) is 0 Å². The third-order valence-corrected chi connectivity index (χ3v) is 6.00. The molecule has 2 aliphatic carbocycles. The summed E-state index contributed by atoms with van der Waals surface area (Å²) in [6.07, 6.45) is 2.00. The Hall–Kier alpha value is -2.31. The van der Waals surface area contributed by atoms with Crippen molar-refractivity contribution in [3.63, 3.8) is 0 Å². The minimum absolute atomic E-state index is 0.119. The van der Waals surface area contributed by atoms with E-state index >= 15 is 0 Å². The van der Waals surface area contributed by atoms with Gasteiger partial charge in [-0.1, -0.05) is 19.1 Å². The SMILES string of the molecule is C=CCC12C=C(O)C(=O)C(O)(C(c3ccc4c(c3)OCO4)C1C)C2O. The molecule has 6 nitrogen and oxygen atoms in total. The summed E-state index contributed by atoms with van der Waals surface area (Å²) in [4.78, 5) is 12.6. The van der Waals surface area contributed by atoms with Gasteiger partial charge in [0.25, 0.3) is 0 Å². The monoisotopic (exact) mass is 344 g/mol. The molecule has 2 bridgehead atoms. The largest absolute Gasteiger partial charge is 0.505 e. The summed E-state index contributed by atoms with van der Waals surface area (Å²) in [7, 11) is 0. The van der Waals surface area contributed by atoms with Gasteiger partial charge in [0, 0.05) is 11.3 Å². The molecule has 1 aliphatic heterocycles. The number of aliphatic hydroxyl groups excluding tert-OH is 2. The second kappa shape index (κ2) is 5.09. The molecule has 6 heteroatoms. The van der Waals surface area contributed by atoms with Crippen molar-refractivity contribution in [3.8, 4) is 11.5 Å². The molecule has 0 amide bonds. The van der Waals surface area contributed by atoms with Crippen LogP contribution in [0.3, 0.4) is 0 Å². The molecule has 0 saturated heterocycles. The molecule has 1 aromatic rings. The van der Waals surface area contributed by atoms with Crippen LogP contribution in [0.4, 0.5) is 0 Å². The van der Waals surface area contributed by atoms with E-state index in [1.165, 1.54) is 6.08 Å². The number of ketones is 1. The van der Waals surface area contributed by atoms with Crippen molar-refractivity contribution >= 4 is 5.78 Å². The Kier molecular flexibility index (Phi) is 3.30. The summed E-state index contributed by atoms with van der Waals surface area (Å²) in [6.45, 7) is 5.70. The highest BCUT2D eigenvalue weighted by Gasteiger charge is 2.71. The molecule has 1 aromatic carbocycles.